The van der Waals surface area contributed by atoms with Gasteiger partial charge in [-0.1, -0.05) is 33.6 Å². The average Bonchev–Trinajstić information content (AvgIpc) is 3.35. The molecule has 0 saturated carbocycles. The van der Waals surface area contributed by atoms with Crippen molar-refractivity contribution in [2.75, 3.05) is 11.9 Å². The van der Waals surface area contributed by atoms with Gasteiger partial charge in [-0.3, -0.25) is 4.99 Å². The van der Waals surface area contributed by atoms with Gasteiger partial charge in [0.25, 0.3) is 0 Å². The van der Waals surface area contributed by atoms with Crippen LogP contribution in [0.3, 0.4) is 0 Å². The first-order valence-electron chi connectivity index (χ1n) is 11.1. The molecule has 0 amide bonds. The first kappa shape index (κ1) is 24.6. The molecule has 0 bridgehead atoms. The predicted molar refractivity (Wildman–Crippen MR) is 128 cm³/mol. The van der Waals surface area contributed by atoms with Crippen molar-refractivity contribution in [1.29, 1.82) is 0 Å². The second-order valence-electron chi connectivity index (χ2n) is 9.01. The van der Waals surface area contributed by atoms with Gasteiger partial charge in [-0.2, -0.15) is 13.2 Å². The summed E-state index contributed by atoms with van der Waals surface area (Å²) in [6.45, 7) is 19.0. The molecule has 178 valence electrons. The minimum atomic E-state index is -4.27. The maximum atomic E-state index is 13.0. The molecule has 8 heteroatoms. The van der Waals surface area contributed by atoms with Crippen LogP contribution in [0, 0.1) is 11.8 Å². The molecule has 5 nitrogen and oxygen atoms in total. The van der Waals surface area contributed by atoms with Crippen molar-refractivity contribution < 1.29 is 13.2 Å². The highest BCUT2D eigenvalue weighted by molar-refractivity contribution is 5.88. The third-order valence-electron chi connectivity index (χ3n) is 6.13. The van der Waals surface area contributed by atoms with E-state index in [1.807, 2.05) is 25.3 Å². The van der Waals surface area contributed by atoms with E-state index in [9.17, 15) is 13.2 Å². The number of aromatic nitrogens is 1. The normalized spacial score (nSPS) is 21.4. The van der Waals surface area contributed by atoms with E-state index in [4.69, 9.17) is 0 Å². The Morgan fingerprint density at radius 2 is 2.00 bits per heavy atom. The van der Waals surface area contributed by atoms with Crippen LogP contribution < -0.4 is 16.0 Å². The molecule has 2 aliphatic rings. The number of nitrogens with one attached hydrogen (secondary N) is 3. The van der Waals surface area contributed by atoms with Crippen LogP contribution >= 0.6 is 0 Å². The summed E-state index contributed by atoms with van der Waals surface area (Å²) >= 11 is 0. The highest BCUT2D eigenvalue weighted by atomic mass is 19.4. The van der Waals surface area contributed by atoms with Crippen LogP contribution in [-0.4, -0.2) is 36.0 Å². The molecule has 2 aliphatic heterocycles. The number of hydrogen-bond acceptors (Lipinski definition) is 5. The van der Waals surface area contributed by atoms with E-state index < -0.39 is 12.2 Å². The number of anilines is 1. The Bertz CT molecular complexity index is 990. The number of pyridine rings is 1. The Morgan fingerprint density at radius 3 is 2.64 bits per heavy atom. The third kappa shape index (κ3) is 6.06. The van der Waals surface area contributed by atoms with Crippen LogP contribution in [-0.2, 0) is 6.42 Å². The largest absolute Gasteiger partial charge is 0.408 e. The summed E-state index contributed by atoms with van der Waals surface area (Å²) in [5.74, 6) is 0.697. The van der Waals surface area contributed by atoms with E-state index in [1.165, 1.54) is 5.57 Å². The highest BCUT2D eigenvalue weighted by Gasteiger charge is 2.45. The monoisotopic (exact) mass is 459 g/mol. The molecule has 1 saturated heterocycles. The Kier molecular flexibility index (Phi) is 7.34. The summed E-state index contributed by atoms with van der Waals surface area (Å²) in [4.78, 5) is 8.69. The second kappa shape index (κ2) is 9.85. The third-order valence-corrected chi connectivity index (χ3v) is 6.13. The maximum Gasteiger partial charge on any atom is 0.408 e. The van der Waals surface area contributed by atoms with Crippen LogP contribution in [0.15, 0.2) is 71.3 Å². The van der Waals surface area contributed by atoms with E-state index >= 15 is 0 Å². The second-order valence-corrected chi connectivity index (χ2v) is 9.01. The molecular formula is C25H32F3N5. The van der Waals surface area contributed by atoms with Gasteiger partial charge in [0.2, 0.25) is 0 Å². The zero-order chi connectivity index (χ0) is 24.3. The number of hydrogen-bond donors (Lipinski definition) is 3. The lowest BCUT2D eigenvalue weighted by molar-refractivity contribution is -0.151. The Balaban J connectivity index is 1.59. The van der Waals surface area contributed by atoms with Gasteiger partial charge in [0, 0.05) is 41.0 Å². The van der Waals surface area contributed by atoms with Crippen molar-refractivity contribution in [3.05, 3.63) is 71.9 Å². The summed E-state index contributed by atoms with van der Waals surface area (Å²) in [6, 6.07) is 1.98. The number of aliphatic imine (C=N–C) groups is 1. The molecule has 0 radical (unpaired) electrons. The molecule has 3 atom stereocenters. The molecule has 3 rings (SSSR count). The predicted octanol–water partition coefficient (Wildman–Crippen LogP) is 5.13. The summed E-state index contributed by atoms with van der Waals surface area (Å²) in [5.41, 5.74) is 5.09. The number of allylic oxidation sites excluding steroid dienone is 2. The topological polar surface area (TPSA) is 61.3 Å². The number of rotatable bonds is 9. The van der Waals surface area contributed by atoms with Crippen molar-refractivity contribution in [3.8, 4) is 0 Å². The van der Waals surface area contributed by atoms with Crippen LogP contribution in [0.25, 0.3) is 0 Å². The van der Waals surface area contributed by atoms with Gasteiger partial charge < -0.3 is 16.0 Å². The molecule has 33 heavy (non-hydrogen) atoms. The summed E-state index contributed by atoms with van der Waals surface area (Å²) in [7, 11) is 0. The highest BCUT2D eigenvalue weighted by Crippen LogP contribution is 2.35. The van der Waals surface area contributed by atoms with Crippen molar-refractivity contribution in [1.82, 2.24) is 15.6 Å². The van der Waals surface area contributed by atoms with Crippen LogP contribution in [0.4, 0.5) is 19.0 Å². The van der Waals surface area contributed by atoms with E-state index in [0.717, 1.165) is 16.8 Å². The van der Waals surface area contributed by atoms with Crippen LogP contribution in [0.2, 0.25) is 0 Å². The van der Waals surface area contributed by atoms with Crippen molar-refractivity contribution >= 4 is 12.0 Å². The molecule has 3 N–H and O–H groups in total. The molecule has 0 aliphatic carbocycles. The lowest BCUT2D eigenvalue weighted by Crippen LogP contribution is -2.36. The molecular weight excluding hydrogens is 427 g/mol. The maximum absolute atomic E-state index is 13.0. The molecule has 1 aromatic heterocycles. The number of alkyl halides is 3. The average molecular weight is 460 g/mol. The Hall–Kier alpha value is -3.03. The van der Waals surface area contributed by atoms with Crippen molar-refractivity contribution in [2.45, 2.75) is 51.9 Å². The van der Waals surface area contributed by atoms with Crippen LogP contribution in [0.1, 0.15) is 32.8 Å². The fourth-order valence-electron chi connectivity index (χ4n) is 4.07. The first-order valence-corrected chi connectivity index (χ1v) is 11.1. The van der Waals surface area contributed by atoms with Crippen molar-refractivity contribution in [3.63, 3.8) is 0 Å². The molecule has 3 heterocycles. The van der Waals surface area contributed by atoms with Gasteiger partial charge in [-0.25, -0.2) is 4.98 Å². The molecule has 0 aromatic carbocycles. The van der Waals surface area contributed by atoms with E-state index in [0.29, 0.717) is 36.1 Å². The molecule has 1 aromatic rings. The van der Waals surface area contributed by atoms with Gasteiger partial charge in [0.15, 0.2) is 0 Å². The minimum Gasteiger partial charge on any atom is -0.378 e. The van der Waals surface area contributed by atoms with Gasteiger partial charge >= 0.3 is 6.18 Å². The summed E-state index contributed by atoms with van der Waals surface area (Å²) in [6.07, 6.45) is -0.334. The zero-order valence-electron chi connectivity index (χ0n) is 19.4. The Labute approximate surface area is 193 Å². The fraction of sp³-hybridized carbons (Fsp3) is 0.440. The van der Waals surface area contributed by atoms with Crippen LogP contribution in [0.5, 0.6) is 0 Å². The van der Waals surface area contributed by atoms with E-state index in [2.05, 4.69) is 59.5 Å². The minimum absolute atomic E-state index is 0.0132. The van der Waals surface area contributed by atoms with Gasteiger partial charge in [0.1, 0.15) is 11.9 Å². The zero-order valence-corrected chi connectivity index (χ0v) is 19.4. The van der Waals surface area contributed by atoms with Gasteiger partial charge in [-0.05, 0) is 49.0 Å². The number of halogens is 3. The quantitative estimate of drug-likeness (QED) is 0.479. The molecule has 3 unspecified atom stereocenters. The lowest BCUT2D eigenvalue weighted by atomic mass is 9.95. The van der Waals surface area contributed by atoms with Gasteiger partial charge in [0.05, 0.1) is 12.6 Å². The lowest BCUT2D eigenvalue weighted by Gasteiger charge is -2.22. The first-order chi connectivity index (χ1) is 15.5. The standard InChI is InChI=1S/C25H32F3N5/c1-14(2)21-12-29-13-22(21)18(6)31-15(3)16(4)33-24-10-19(7-8-30-24)9-20-11-23(25(26,27)28)32-17(20)5/h7-8,10,13-15,20,23,31-32H,4-6,9,11-12H2,1-3H3,(H,30,33). The summed E-state index contributed by atoms with van der Waals surface area (Å²) in [5, 5.41) is 9.05. The molecule has 0 spiro atoms. The van der Waals surface area contributed by atoms with E-state index in [-0.39, 0.29) is 18.4 Å². The van der Waals surface area contributed by atoms with Crippen molar-refractivity contribution in [2.24, 2.45) is 16.8 Å². The Morgan fingerprint density at radius 1 is 1.27 bits per heavy atom. The van der Waals surface area contributed by atoms with E-state index in [1.54, 1.807) is 6.20 Å². The molecule has 1 fully saturated rings. The summed E-state index contributed by atoms with van der Waals surface area (Å²) < 4.78 is 39.1. The SMILES string of the molecule is C=C(NC(C)C(=C)Nc1cc(CC2CC(C(F)(F)F)NC2=C)ccn1)C1=C(C(C)C)CN=C1. The number of nitrogens with zero attached hydrogens (tertiary/aromatic N) is 2. The fourth-order valence-corrected chi connectivity index (χ4v) is 4.07. The smallest absolute Gasteiger partial charge is 0.378 e. The van der Waals surface area contributed by atoms with Gasteiger partial charge in [-0.15, -0.1) is 0 Å².